The predicted octanol–water partition coefficient (Wildman–Crippen LogP) is 7.40. The maximum Gasteiger partial charge on any atom is 0.355 e. The molecule has 1 aliphatic heterocycles. The van der Waals surface area contributed by atoms with Crippen molar-refractivity contribution in [1.29, 1.82) is 0 Å². The smallest absolute Gasteiger partial charge is 0.355 e. The largest absolute Gasteiger partial charge is 0.493 e. The molecule has 0 atom stereocenters. The van der Waals surface area contributed by atoms with Gasteiger partial charge in [0, 0.05) is 42.1 Å². The van der Waals surface area contributed by atoms with Crippen molar-refractivity contribution in [2.75, 3.05) is 19.8 Å². The number of hydrogen-bond acceptors (Lipinski definition) is 5. The molecule has 5 aromatic rings. The van der Waals surface area contributed by atoms with Crippen LogP contribution in [-0.4, -0.2) is 40.1 Å². The van der Waals surface area contributed by atoms with E-state index in [4.69, 9.17) is 19.3 Å². The highest BCUT2D eigenvalue weighted by Crippen LogP contribution is 2.39. The first-order valence-electron chi connectivity index (χ1n) is 15.3. The first kappa shape index (κ1) is 28.9. The molecule has 3 aromatic carbocycles. The summed E-state index contributed by atoms with van der Waals surface area (Å²) in [5.41, 5.74) is 6.87. The number of fused-ring (bicyclic) bond motifs is 3. The number of esters is 1. The van der Waals surface area contributed by atoms with Gasteiger partial charge in [0.1, 0.15) is 17.3 Å². The van der Waals surface area contributed by atoms with Crippen LogP contribution in [0.2, 0.25) is 0 Å². The molecule has 0 spiro atoms. The van der Waals surface area contributed by atoms with Gasteiger partial charge >= 0.3 is 5.97 Å². The van der Waals surface area contributed by atoms with Crippen LogP contribution in [0.5, 0.6) is 5.75 Å². The minimum absolute atomic E-state index is 0.269. The molecule has 0 saturated carbocycles. The van der Waals surface area contributed by atoms with Crippen molar-refractivity contribution >= 4 is 27.6 Å². The van der Waals surface area contributed by atoms with Gasteiger partial charge in [0.05, 0.1) is 36.7 Å². The number of halogens is 1. The topological polar surface area (TPSA) is 67.5 Å². The van der Waals surface area contributed by atoms with Crippen molar-refractivity contribution < 1.29 is 23.4 Å². The summed E-state index contributed by atoms with van der Waals surface area (Å²) >= 11 is 0. The lowest BCUT2D eigenvalue weighted by molar-refractivity contribution is 0.0512. The van der Waals surface area contributed by atoms with Crippen LogP contribution in [0.1, 0.15) is 60.5 Å². The van der Waals surface area contributed by atoms with Gasteiger partial charge in [-0.15, -0.1) is 0 Å². The third kappa shape index (κ3) is 5.52. The Morgan fingerprint density at radius 1 is 1.07 bits per heavy atom. The second kappa shape index (κ2) is 12.6. The Bertz CT molecular complexity index is 1790. The molecule has 0 radical (unpaired) electrons. The first-order valence-corrected chi connectivity index (χ1v) is 15.3. The zero-order valence-electron chi connectivity index (χ0n) is 25.1. The minimum atomic E-state index is -0.301. The Morgan fingerprint density at radius 3 is 2.77 bits per heavy atom. The fraction of sp³-hybridized carbons (Fsp3) is 0.371. The number of nitrogens with zero attached hydrogens (tertiary/aromatic N) is 3. The Hall–Kier alpha value is -4.17. The molecular weight excluding hydrogens is 545 g/mol. The maximum absolute atomic E-state index is 13.8. The second-order valence-corrected chi connectivity index (χ2v) is 11.0. The van der Waals surface area contributed by atoms with Gasteiger partial charge < -0.3 is 18.8 Å². The van der Waals surface area contributed by atoms with Crippen LogP contribution in [0.15, 0.2) is 54.6 Å². The number of carbonyl (C=O) groups is 1. The van der Waals surface area contributed by atoms with Gasteiger partial charge in [-0.25, -0.2) is 9.18 Å². The molecule has 7 nitrogen and oxygen atoms in total. The molecule has 0 unspecified atom stereocenters. The number of benzene rings is 3. The highest BCUT2D eigenvalue weighted by molar-refractivity contribution is 6.05. The van der Waals surface area contributed by atoms with Gasteiger partial charge in [-0.3, -0.25) is 4.68 Å². The highest BCUT2D eigenvalue weighted by Gasteiger charge is 2.28. The molecule has 43 heavy (non-hydrogen) atoms. The lowest BCUT2D eigenvalue weighted by atomic mass is 9.97. The van der Waals surface area contributed by atoms with E-state index in [1.807, 2.05) is 36.9 Å². The normalized spacial score (nSPS) is 13.6. The third-order valence-electron chi connectivity index (χ3n) is 8.29. The average molecular weight is 584 g/mol. The lowest BCUT2D eigenvalue weighted by Crippen LogP contribution is -2.15. The van der Waals surface area contributed by atoms with Crippen molar-refractivity contribution in [3.8, 4) is 16.9 Å². The van der Waals surface area contributed by atoms with Gasteiger partial charge in [0.15, 0.2) is 0 Å². The SMILES string of the molecule is CCOC(=O)c1c(CCCOc2cccc3cc(F)ccc23)c2cccc3c2n1CCCCOCc1c-3c(CC)nn1C. The Kier molecular flexibility index (Phi) is 8.47. The number of ether oxygens (including phenoxy) is 3. The van der Waals surface area contributed by atoms with Crippen molar-refractivity contribution in [3.05, 3.63) is 83.1 Å². The van der Waals surface area contributed by atoms with Crippen LogP contribution < -0.4 is 4.74 Å². The van der Waals surface area contributed by atoms with Crippen LogP contribution in [-0.2, 0) is 42.5 Å². The molecule has 0 saturated heterocycles. The number of carbonyl (C=O) groups excluding carboxylic acids is 1. The molecule has 0 bridgehead atoms. The van der Waals surface area contributed by atoms with E-state index >= 15 is 0 Å². The molecule has 0 fully saturated rings. The summed E-state index contributed by atoms with van der Waals surface area (Å²) in [7, 11) is 1.97. The average Bonchev–Trinajstić information content (AvgIpc) is 3.49. The molecule has 224 valence electrons. The molecule has 6 rings (SSSR count). The standard InChI is InChI=1S/C35H38FN3O4/c1-4-29-32-28-13-9-12-26-27(14-10-20-43-31-15-8-11-23-21-24(36)16-17-25(23)31)34(35(40)42-5-2)39(33(26)28)18-6-7-19-41-22-30(32)38(3)37-29/h8-9,11-13,15-17,21H,4-7,10,14,18-20,22H2,1-3H3. The summed E-state index contributed by atoms with van der Waals surface area (Å²) in [5, 5.41) is 7.58. The first-order chi connectivity index (χ1) is 21.0. The Labute approximate surface area is 251 Å². The monoisotopic (exact) mass is 583 g/mol. The van der Waals surface area contributed by atoms with Gasteiger partial charge in [-0.05, 0) is 74.2 Å². The van der Waals surface area contributed by atoms with E-state index in [9.17, 15) is 9.18 Å². The van der Waals surface area contributed by atoms with E-state index in [1.54, 1.807) is 6.07 Å². The number of para-hydroxylation sites is 1. The predicted molar refractivity (Wildman–Crippen MR) is 166 cm³/mol. The number of rotatable bonds is 8. The Morgan fingerprint density at radius 2 is 1.93 bits per heavy atom. The van der Waals surface area contributed by atoms with E-state index in [2.05, 4.69) is 29.7 Å². The summed E-state index contributed by atoms with van der Waals surface area (Å²) in [6.07, 6.45) is 3.89. The molecule has 0 amide bonds. The summed E-state index contributed by atoms with van der Waals surface area (Å²) in [6, 6.07) is 16.7. The molecule has 0 N–H and O–H groups in total. The number of aromatic nitrogens is 3. The van der Waals surface area contributed by atoms with Gasteiger partial charge in [-0.2, -0.15) is 5.10 Å². The molecule has 3 heterocycles. The van der Waals surface area contributed by atoms with Gasteiger partial charge in [0.2, 0.25) is 0 Å². The fourth-order valence-electron chi connectivity index (χ4n) is 6.36. The van der Waals surface area contributed by atoms with E-state index in [-0.39, 0.29) is 11.8 Å². The summed E-state index contributed by atoms with van der Waals surface area (Å²) in [4.78, 5) is 13.6. The molecule has 2 aromatic heterocycles. The van der Waals surface area contributed by atoms with E-state index in [1.165, 1.54) is 12.1 Å². The number of aryl methyl sites for hydroxylation is 4. The van der Waals surface area contributed by atoms with Gasteiger partial charge in [0.25, 0.3) is 0 Å². The van der Waals surface area contributed by atoms with Crippen LogP contribution in [0.4, 0.5) is 4.39 Å². The van der Waals surface area contributed by atoms with Crippen molar-refractivity contribution in [2.24, 2.45) is 7.05 Å². The van der Waals surface area contributed by atoms with Crippen LogP contribution in [0.25, 0.3) is 32.8 Å². The summed E-state index contributed by atoms with van der Waals surface area (Å²) in [5.74, 6) is 0.153. The lowest BCUT2D eigenvalue weighted by Gasteiger charge is -2.13. The molecular formula is C35H38FN3O4. The second-order valence-electron chi connectivity index (χ2n) is 11.0. The number of hydrogen-bond donors (Lipinski definition) is 0. The van der Waals surface area contributed by atoms with Crippen LogP contribution >= 0.6 is 0 Å². The summed E-state index contributed by atoms with van der Waals surface area (Å²) in [6.45, 7) is 6.54. The third-order valence-corrected chi connectivity index (χ3v) is 8.29. The van der Waals surface area contributed by atoms with E-state index in [0.717, 1.165) is 74.8 Å². The van der Waals surface area contributed by atoms with E-state index in [0.29, 0.717) is 51.5 Å². The van der Waals surface area contributed by atoms with Gasteiger partial charge in [-0.1, -0.05) is 37.3 Å². The van der Waals surface area contributed by atoms with Crippen molar-refractivity contribution in [2.45, 2.75) is 59.1 Å². The summed E-state index contributed by atoms with van der Waals surface area (Å²) < 4.78 is 35.8. The van der Waals surface area contributed by atoms with Crippen LogP contribution in [0.3, 0.4) is 0 Å². The minimum Gasteiger partial charge on any atom is -0.493 e. The zero-order chi connectivity index (χ0) is 29.9. The van der Waals surface area contributed by atoms with Crippen molar-refractivity contribution in [3.63, 3.8) is 0 Å². The highest BCUT2D eigenvalue weighted by atomic mass is 19.1. The zero-order valence-corrected chi connectivity index (χ0v) is 25.1. The van der Waals surface area contributed by atoms with Crippen molar-refractivity contribution in [1.82, 2.24) is 14.3 Å². The molecule has 1 aliphatic rings. The van der Waals surface area contributed by atoms with E-state index < -0.39 is 0 Å². The van der Waals surface area contributed by atoms with Crippen LogP contribution in [0, 0.1) is 5.82 Å². The maximum atomic E-state index is 13.8. The quantitative estimate of drug-likeness (QED) is 0.141. The Balaban J connectivity index is 1.42. The fourth-order valence-corrected chi connectivity index (χ4v) is 6.36. The molecule has 8 heteroatoms. The molecule has 0 aliphatic carbocycles.